The van der Waals surface area contributed by atoms with Gasteiger partial charge in [-0.2, -0.15) is 0 Å². The smallest absolute Gasteiger partial charge is 0.163 e. The van der Waals surface area contributed by atoms with Gasteiger partial charge in [0.1, 0.15) is 6.04 Å². The summed E-state index contributed by atoms with van der Waals surface area (Å²) < 4.78 is 0.743. The number of carbonyl (C=O) groups excluding carboxylic acids is 1. The Morgan fingerprint density at radius 2 is 1.88 bits per heavy atom. The standard InChI is InChI=1S/C10H19NO2.CHI3/c1-2-3-8(11)10(13)9(12)6-7-4-5-7;2-1(3)4/h7-8,10,13H,2-6,11H2,1H3;1H/t8-,10?;/m0./s1. The van der Waals surface area contributed by atoms with E-state index in [2.05, 4.69) is 67.8 Å². The van der Waals surface area contributed by atoms with Gasteiger partial charge in [0.25, 0.3) is 0 Å². The second kappa shape index (κ2) is 10.6. The molecule has 2 atom stereocenters. The molecule has 0 aromatic carbocycles. The lowest BCUT2D eigenvalue weighted by Gasteiger charge is -2.16. The van der Waals surface area contributed by atoms with Gasteiger partial charge in [-0.25, -0.2) is 0 Å². The molecule has 0 heterocycles. The highest BCUT2D eigenvalue weighted by molar-refractivity contribution is 14.3. The molecule has 0 radical (unpaired) electrons. The Balaban J connectivity index is 0.000000557. The van der Waals surface area contributed by atoms with Gasteiger partial charge in [-0.1, -0.05) is 81.1 Å². The Bertz CT molecular complexity index is 220. The quantitative estimate of drug-likeness (QED) is 0.375. The van der Waals surface area contributed by atoms with E-state index < -0.39 is 6.10 Å². The van der Waals surface area contributed by atoms with Crippen LogP contribution >= 0.6 is 67.8 Å². The largest absolute Gasteiger partial charge is 0.384 e. The first kappa shape index (κ1) is 18.8. The van der Waals surface area contributed by atoms with Crippen LogP contribution < -0.4 is 5.73 Å². The topological polar surface area (TPSA) is 63.3 Å². The predicted molar refractivity (Wildman–Crippen MR) is 97.1 cm³/mol. The van der Waals surface area contributed by atoms with E-state index in [1.54, 1.807) is 0 Å². The van der Waals surface area contributed by atoms with E-state index in [9.17, 15) is 9.90 Å². The van der Waals surface area contributed by atoms with Crippen molar-refractivity contribution in [2.75, 3.05) is 0 Å². The van der Waals surface area contributed by atoms with E-state index in [1.807, 2.05) is 6.92 Å². The van der Waals surface area contributed by atoms with Crippen LogP contribution in [0.15, 0.2) is 0 Å². The minimum atomic E-state index is -0.930. The fourth-order valence-corrected chi connectivity index (χ4v) is 1.46. The molecule has 0 saturated heterocycles. The third-order valence-electron chi connectivity index (χ3n) is 2.54. The van der Waals surface area contributed by atoms with Crippen LogP contribution in [0, 0.1) is 5.92 Å². The Hall–Kier alpha value is 1.78. The van der Waals surface area contributed by atoms with E-state index in [1.165, 1.54) is 0 Å². The first-order valence-corrected chi connectivity index (χ1v) is 9.50. The Morgan fingerprint density at radius 3 is 2.24 bits per heavy atom. The molecule has 0 aromatic rings. The molecule has 0 amide bonds. The number of hydrogen-bond acceptors (Lipinski definition) is 3. The Kier molecular flexibility index (Phi) is 11.7. The number of hydrogen-bond donors (Lipinski definition) is 2. The van der Waals surface area contributed by atoms with Crippen molar-refractivity contribution in [3.63, 3.8) is 0 Å². The molecule has 1 aliphatic carbocycles. The number of Topliss-reactive ketones (excluding diaryl/α,β-unsaturated/α-hetero) is 1. The van der Waals surface area contributed by atoms with Gasteiger partial charge in [-0.15, -0.1) is 0 Å². The number of rotatable bonds is 6. The fourth-order valence-electron chi connectivity index (χ4n) is 1.46. The SMILES string of the molecule is CCC[C@H](N)C(O)C(=O)CC1CC1.IC(I)I. The maximum Gasteiger partial charge on any atom is 0.163 e. The summed E-state index contributed by atoms with van der Waals surface area (Å²) in [6.45, 7) is 2.00. The van der Waals surface area contributed by atoms with Crippen molar-refractivity contribution >= 4 is 73.6 Å². The lowest BCUT2D eigenvalue weighted by atomic mass is 10.00. The number of nitrogens with two attached hydrogens (primary N) is 1. The maximum atomic E-state index is 11.4. The number of aliphatic hydroxyl groups is 1. The molecule has 17 heavy (non-hydrogen) atoms. The molecule has 0 bridgehead atoms. The molecule has 6 heteroatoms. The summed E-state index contributed by atoms with van der Waals surface area (Å²) >= 11 is 6.95. The van der Waals surface area contributed by atoms with Crippen molar-refractivity contribution < 1.29 is 9.90 Å². The predicted octanol–water partition coefficient (Wildman–Crippen LogP) is 3.42. The lowest BCUT2D eigenvalue weighted by Crippen LogP contribution is -2.40. The Labute approximate surface area is 144 Å². The van der Waals surface area contributed by atoms with E-state index >= 15 is 0 Å². The van der Waals surface area contributed by atoms with Crippen LogP contribution in [0.5, 0.6) is 0 Å². The second-order valence-corrected chi connectivity index (χ2v) is 15.1. The summed E-state index contributed by atoms with van der Waals surface area (Å²) in [7, 11) is 0. The first-order chi connectivity index (χ1) is 7.88. The summed E-state index contributed by atoms with van der Waals surface area (Å²) in [5, 5.41) is 9.52. The average molecular weight is 579 g/mol. The highest BCUT2D eigenvalue weighted by Crippen LogP contribution is 2.33. The van der Waals surface area contributed by atoms with Crippen molar-refractivity contribution in [2.24, 2.45) is 11.7 Å². The van der Waals surface area contributed by atoms with Gasteiger partial charge in [-0.05, 0) is 25.2 Å². The summed E-state index contributed by atoms with van der Waals surface area (Å²) in [6.07, 6.45) is 3.51. The summed E-state index contributed by atoms with van der Waals surface area (Å²) in [6, 6.07) is -0.365. The normalized spacial score (nSPS) is 18.3. The van der Waals surface area contributed by atoms with E-state index in [0.29, 0.717) is 12.3 Å². The van der Waals surface area contributed by atoms with Crippen molar-refractivity contribution in [1.29, 1.82) is 0 Å². The van der Waals surface area contributed by atoms with Crippen molar-refractivity contribution in [3.8, 4) is 0 Å². The van der Waals surface area contributed by atoms with Crippen molar-refractivity contribution in [1.82, 2.24) is 0 Å². The zero-order chi connectivity index (χ0) is 13.4. The number of carbonyl (C=O) groups is 1. The molecule has 0 aromatic heterocycles. The summed E-state index contributed by atoms with van der Waals surface area (Å²) in [4.78, 5) is 11.4. The number of halogens is 3. The van der Waals surface area contributed by atoms with Gasteiger partial charge >= 0.3 is 0 Å². The molecular formula is C11H20I3NO2. The van der Waals surface area contributed by atoms with E-state index in [-0.39, 0.29) is 11.8 Å². The van der Waals surface area contributed by atoms with Crippen LogP contribution in [0.3, 0.4) is 0 Å². The zero-order valence-electron chi connectivity index (χ0n) is 9.91. The van der Waals surface area contributed by atoms with Crippen molar-refractivity contribution in [3.05, 3.63) is 0 Å². The molecule has 3 nitrogen and oxygen atoms in total. The van der Waals surface area contributed by atoms with Crippen LogP contribution in [-0.4, -0.2) is 23.0 Å². The first-order valence-electron chi connectivity index (χ1n) is 5.77. The van der Waals surface area contributed by atoms with Gasteiger partial charge < -0.3 is 10.8 Å². The number of ketones is 1. The van der Waals surface area contributed by atoms with Gasteiger partial charge in [0.15, 0.2) is 5.78 Å². The molecule has 0 aliphatic heterocycles. The molecule has 0 spiro atoms. The van der Waals surface area contributed by atoms with Crippen LogP contribution in [0.25, 0.3) is 0 Å². The third-order valence-corrected chi connectivity index (χ3v) is 2.54. The van der Waals surface area contributed by atoms with Crippen LogP contribution in [0.1, 0.15) is 39.0 Å². The second-order valence-electron chi connectivity index (χ2n) is 4.26. The van der Waals surface area contributed by atoms with Gasteiger partial charge in [-0.3, -0.25) is 4.79 Å². The third kappa shape index (κ3) is 11.3. The molecule has 1 unspecified atom stereocenters. The zero-order valence-corrected chi connectivity index (χ0v) is 16.4. The maximum absolute atomic E-state index is 11.4. The van der Waals surface area contributed by atoms with Crippen LogP contribution in [-0.2, 0) is 4.79 Å². The summed E-state index contributed by atoms with van der Waals surface area (Å²) in [5.74, 6) is 0.472. The summed E-state index contributed by atoms with van der Waals surface area (Å²) in [5.41, 5.74) is 5.65. The minimum absolute atomic E-state index is 0.0662. The average Bonchev–Trinajstić information content (AvgIpc) is 3.00. The van der Waals surface area contributed by atoms with Gasteiger partial charge in [0, 0.05) is 12.5 Å². The minimum Gasteiger partial charge on any atom is -0.384 e. The molecule has 1 rings (SSSR count). The highest BCUT2D eigenvalue weighted by atomic mass is 127. The van der Waals surface area contributed by atoms with Gasteiger partial charge in [0.2, 0.25) is 0 Å². The van der Waals surface area contributed by atoms with Crippen molar-refractivity contribution in [2.45, 2.75) is 51.1 Å². The molecule has 1 fully saturated rings. The van der Waals surface area contributed by atoms with Gasteiger partial charge in [0.05, 0.1) is 0 Å². The molecule has 102 valence electrons. The van der Waals surface area contributed by atoms with Crippen LogP contribution in [0.4, 0.5) is 0 Å². The van der Waals surface area contributed by atoms with E-state index in [4.69, 9.17) is 5.73 Å². The number of alkyl halides is 3. The molecular weight excluding hydrogens is 559 g/mol. The molecule has 3 N–H and O–H groups in total. The molecule has 1 aliphatic rings. The van der Waals surface area contributed by atoms with Crippen LogP contribution in [0.2, 0.25) is 0 Å². The monoisotopic (exact) mass is 579 g/mol. The van der Waals surface area contributed by atoms with E-state index in [0.717, 1.165) is 25.6 Å². The Morgan fingerprint density at radius 1 is 1.41 bits per heavy atom. The fraction of sp³-hybridized carbons (Fsp3) is 0.909. The molecule has 1 saturated carbocycles. The highest BCUT2D eigenvalue weighted by Gasteiger charge is 2.29. The number of aliphatic hydroxyl groups excluding tert-OH is 1. The lowest BCUT2D eigenvalue weighted by molar-refractivity contribution is -0.128.